The summed E-state index contributed by atoms with van der Waals surface area (Å²) < 4.78 is 27.2. The molecule has 3 rings (SSSR count). The molecular formula is C18H13ClF2N4O. The van der Waals surface area contributed by atoms with Crippen molar-refractivity contribution in [2.24, 2.45) is 0 Å². The maximum atomic E-state index is 13.6. The summed E-state index contributed by atoms with van der Waals surface area (Å²) in [7, 11) is 0. The van der Waals surface area contributed by atoms with E-state index in [4.69, 9.17) is 11.6 Å². The Morgan fingerprint density at radius 3 is 2.42 bits per heavy atom. The molecule has 1 amide bonds. The predicted molar refractivity (Wildman–Crippen MR) is 95.8 cm³/mol. The molecule has 0 aliphatic rings. The van der Waals surface area contributed by atoms with Gasteiger partial charge >= 0.3 is 0 Å². The third-order valence-corrected chi connectivity index (χ3v) is 3.94. The van der Waals surface area contributed by atoms with Crippen LogP contribution >= 0.6 is 11.6 Å². The van der Waals surface area contributed by atoms with Crippen LogP contribution in [0.5, 0.6) is 0 Å². The zero-order chi connectivity index (χ0) is 18.7. The van der Waals surface area contributed by atoms with Crippen LogP contribution in [0, 0.1) is 18.6 Å². The van der Waals surface area contributed by atoms with Gasteiger partial charge in [0.15, 0.2) is 0 Å². The molecule has 0 saturated carbocycles. The number of para-hydroxylation sites is 1. The first-order valence-corrected chi connectivity index (χ1v) is 7.92. The average Bonchev–Trinajstić information content (AvgIpc) is 2.62. The van der Waals surface area contributed by atoms with Crippen LogP contribution < -0.4 is 10.6 Å². The van der Waals surface area contributed by atoms with Crippen molar-refractivity contribution in [3.63, 3.8) is 0 Å². The number of carbonyl (C=O) groups excluding carboxylic acids is 1. The highest BCUT2D eigenvalue weighted by Crippen LogP contribution is 2.22. The molecule has 0 bridgehead atoms. The van der Waals surface area contributed by atoms with E-state index in [1.807, 2.05) is 6.92 Å². The number of rotatable bonds is 4. The molecule has 1 heterocycles. The smallest absolute Gasteiger partial charge is 0.275 e. The van der Waals surface area contributed by atoms with Gasteiger partial charge in [0.2, 0.25) is 0 Å². The predicted octanol–water partition coefficient (Wildman–Crippen LogP) is 4.71. The molecule has 0 atom stereocenters. The van der Waals surface area contributed by atoms with Crippen LogP contribution in [0.3, 0.4) is 0 Å². The zero-order valence-corrected chi connectivity index (χ0v) is 14.3. The first-order chi connectivity index (χ1) is 12.4. The minimum Gasteiger partial charge on any atom is -0.334 e. The number of nitrogens with zero attached hydrogens (tertiary/aromatic N) is 2. The lowest BCUT2D eigenvalue weighted by molar-refractivity contribution is 0.102. The third kappa shape index (κ3) is 3.94. The van der Waals surface area contributed by atoms with Crippen molar-refractivity contribution < 1.29 is 13.6 Å². The van der Waals surface area contributed by atoms with Crippen LogP contribution in [0.15, 0.2) is 48.8 Å². The summed E-state index contributed by atoms with van der Waals surface area (Å²) in [6.45, 7) is 1.85. The van der Waals surface area contributed by atoms with Crippen LogP contribution in [-0.4, -0.2) is 15.9 Å². The molecule has 0 fully saturated rings. The molecule has 0 radical (unpaired) electrons. The van der Waals surface area contributed by atoms with Gasteiger partial charge in [-0.05, 0) is 36.8 Å². The standard InChI is InChI=1S/C18H13ClF2N4O/c1-10-5-6-11(7-12(10)19)24-18(26)15-8-23-16(9-22-15)25-17-13(20)3-2-4-14(17)21/h2-9H,1H3,(H,23,25)(H,24,26). The second kappa shape index (κ2) is 7.45. The molecule has 0 unspecified atom stereocenters. The largest absolute Gasteiger partial charge is 0.334 e. The number of aryl methyl sites for hydroxylation is 1. The van der Waals surface area contributed by atoms with Crippen molar-refractivity contribution in [1.82, 2.24) is 9.97 Å². The van der Waals surface area contributed by atoms with Gasteiger partial charge in [0.25, 0.3) is 5.91 Å². The van der Waals surface area contributed by atoms with Gasteiger partial charge in [-0.1, -0.05) is 23.7 Å². The van der Waals surface area contributed by atoms with Gasteiger partial charge < -0.3 is 10.6 Å². The third-order valence-electron chi connectivity index (χ3n) is 3.53. The lowest BCUT2D eigenvalue weighted by Crippen LogP contribution is -2.14. The van der Waals surface area contributed by atoms with E-state index in [0.717, 1.165) is 17.7 Å². The molecule has 0 aliphatic heterocycles. The van der Waals surface area contributed by atoms with Gasteiger partial charge in [-0.3, -0.25) is 4.79 Å². The molecule has 0 aliphatic carbocycles. The fourth-order valence-corrected chi connectivity index (χ4v) is 2.30. The lowest BCUT2D eigenvalue weighted by Gasteiger charge is -2.09. The van der Waals surface area contributed by atoms with Crippen LogP contribution in [-0.2, 0) is 0 Å². The highest BCUT2D eigenvalue weighted by Gasteiger charge is 2.12. The molecule has 2 aromatic carbocycles. The van der Waals surface area contributed by atoms with Crippen molar-refractivity contribution in [2.75, 3.05) is 10.6 Å². The SMILES string of the molecule is Cc1ccc(NC(=O)c2cnc(Nc3c(F)cccc3F)cn2)cc1Cl. The van der Waals surface area contributed by atoms with Gasteiger partial charge in [0.05, 0.1) is 12.4 Å². The molecule has 3 aromatic rings. The fourth-order valence-electron chi connectivity index (χ4n) is 2.12. The van der Waals surface area contributed by atoms with Gasteiger partial charge in [-0.15, -0.1) is 0 Å². The summed E-state index contributed by atoms with van der Waals surface area (Å²) in [5.41, 5.74) is 1.11. The Bertz CT molecular complexity index is 944. The number of benzene rings is 2. The van der Waals surface area contributed by atoms with Crippen LogP contribution in [0.1, 0.15) is 16.1 Å². The minimum atomic E-state index is -0.759. The summed E-state index contributed by atoms with van der Waals surface area (Å²) >= 11 is 6.02. The van der Waals surface area contributed by atoms with E-state index in [-0.39, 0.29) is 17.2 Å². The Balaban J connectivity index is 1.72. The van der Waals surface area contributed by atoms with E-state index in [1.165, 1.54) is 18.5 Å². The van der Waals surface area contributed by atoms with Gasteiger partial charge in [-0.2, -0.15) is 0 Å². The van der Waals surface area contributed by atoms with E-state index in [1.54, 1.807) is 18.2 Å². The Labute approximate surface area is 153 Å². The van der Waals surface area contributed by atoms with E-state index < -0.39 is 17.5 Å². The minimum absolute atomic E-state index is 0.0428. The molecule has 8 heteroatoms. The number of halogens is 3. The van der Waals surface area contributed by atoms with Gasteiger partial charge in [0.1, 0.15) is 28.8 Å². The molecule has 5 nitrogen and oxygen atoms in total. The maximum Gasteiger partial charge on any atom is 0.275 e. The highest BCUT2D eigenvalue weighted by molar-refractivity contribution is 6.31. The van der Waals surface area contributed by atoms with E-state index in [9.17, 15) is 13.6 Å². The Kier molecular flexibility index (Phi) is 5.09. The Hall–Kier alpha value is -3.06. The number of hydrogen-bond donors (Lipinski definition) is 2. The first-order valence-electron chi connectivity index (χ1n) is 7.54. The van der Waals surface area contributed by atoms with Crippen LogP contribution in [0.4, 0.5) is 26.0 Å². The summed E-state index contributed by atoms with van der Waals surface area (Å²) in [5.74, 6) is -1.90. The molecular weight excluding hydrogens is 362 g/mol. The second-order valence-electron chi connectivity index (χ2n) is 5.43. The number of hydrogen-bond acceptors (Lipinski definition) is 4. The topological polar surface area (TPSA) is 66.9 Å². The monoisotopic (exact) mass is 374 g/mol. The number of anilines is 3. The van der Waals surface area contributed by atoms with Crippen LogP contribution in [0.25, 0.3) is 0 Å². The molecule has 132 valence electrons. The number of nitrogens with one attached hydrogen (secondary N) is 2. The zero-order valence-electron chi connectivity index (χ0n) is 13.6. The summed E-state index contributed by atoms with van der Waals surface area (Å²) in [6.07, 6.45) is 2.41. The van der Waals surface area contributed by atoms with Crippen molar-refractivity contribution in [1.29, 1.82) is 0 Å². The highest BCUT2D eigenvalue weighted by atomic mass is 35.5. The molecule has 26 heavy (non-hydrogen) atoms. The first kappa shape index (κ1) is 17.8. The lowest BCUT2D eigenvalue weighted by atomic mass is 10.2. The van der Waals surface area contributed by atoms with Gasteiger partial charge in [0, 0.05) is 10.7 Å². The quantitative estimate of drug-likeness (QED) is 0.694. The summed E-state index contributed by atoms with van der Waals surface area (Å²) in [5, 5.41) is 5.67. The molecule has 2 N–H and O–H groups in total. The van der Waals surface area contributed by atoms with Crippen molar-refractivity contribution in [3.05, 3.63) is 76.7 Å². The van der Waals surface area contributed by atoms with Crippen molar-refractivity contribution in [2.45, 2.75) is 6.92 Å². The van der Waals surface area contributed by atoms with Crippen LogP contribution in [0.2, 0.25) is 5.02 Å². The molecule has 1 aromatic heterocycles. The Morgan fingerprint density at radius 1 is 1.08 bits per heavy atom. The number of carbonyl (C=O) groups is 1. The number of aromatic nitrogens is 2. The van der Waals surface area contributed by atoms with E-state index in [2.05, 4.69) is 20.6 Å². The molecule has 0 spiro atoms. The number of amides is 1. The Morgan fingerprint density at radius 2 is 1.81 bits per heavy atom. The van der Waals surface area contributed by atoms with Crippen molar-refractivity contribution in [3.8, 4) is 0 Å². The second-order valence-corrected chi connectivity index (χ2v) is 5.83. The van der Waals surface area contributed by atoms with E-state index >= 15 is 0 Å². The fraction of sp³-hybridized carbons (Fsp3) is 0.0556. The normalized spacial score (nSPS) is 10.5. The van der Waals surface area contributed by atoms with Crippen molar-refractivity contribution >= 4 is 34.7 Å². The summed E-state index contributed by atoms with van der Waals surface area (Å²) in [6, 6.07) is 8.61. The average molecular weight is 375 g/mol. The molecule has 0 saturated heterocycles. The van der Waals surface area contributed by atoms with Gasteiger partial charge in [-0.25, -0.2) is 18.7 Å². The summed E-state index contributed by atoms with van der Waals surface area (Å²) in [4.78, 5) is 20.1. The van der Waals surface area contributed by atoms with E-state index in [0.29, 0.717) is 10.7 Å². The maximum absolute atomic E-state index is 13.6.